The molecule has 2 amide bonds. The number of anilines is 1. The Morgan fingerprint density at radius 2 is 2.06 bits per heavy atom. The van der Waals surface area contributed by atoms with E-state index in [0.29, 0.717) is 0 Å². The molecule has 1 rings (SSSR count). The standard InChI is InChI=1S/C10H7F4N3O/c11-8-2-1-7(3-6(8)4-15)17-9(18)16-5-10(12,13)14/h1-3H,5H2,(H2,16,17,18). The van der Waals surface area contributed by atoms with Crippen LogP contribution in [0.1, 0.15) is 5.56 Å². The maximum absolute atomic E-state index is 12.9. The van der Waals surface area contributed by atoms with Crippen LogP contribution in [0.15, 0.2) is 18.2 Å². The summed E-state index contributed by atoms with van der Waals surface area (Å²) in [5.74, 6) is -0.779. The Labute approximate surface area is 99.2 Å². The number of nitrogens with one attached hydrogen (secondary N) is 2. The van der Waals surface area contributed by atoms with E-state index in [1.165, 1.54) is 6.07 Å². The molecule has 8 heteroatoms. The molecule has 0 atom stereocenters. The van der Waals surface area contributed by atoms with Crippen molar-refractivity contribution in [1.29, 1.82) is 5.26 Å². The first-order valence-electron chi connectivity index (χ1n) is 4.63. The molecule has 0 aromatic heterocycles. The smallest absolute Gasteiger partial charge is 0.329 e. The van der Waals surface area contributed by atoms with E-state index in [4.69, 9.17) is 5.26 Å². The second-order valence-corrected chi connectivity index (χ2v) is 3.23. The lowest BCUT2D eigenvalue weighted by Crippen LogP contribution is -2.36. The number of hydrogen-bond donors (Lipinski definition) is 2. The fraction of sp³-hybridized carbons (Fsp3) is 0.200. The fourth-order valence-corrected chi connectivity index (χ4v) is 1.04. The van der Waals surface area contributed by atoms with Crippen LogP contribution in [0.5, 0.6) is 0 Å². The van der Waals surface area contributed by atoms with Gasteiger partial charge in [0.2, 0.25) is 0 Å². The van der Waals surface area contributed by atoms with Crippen LogP contribution in [-0.4, -0.2) is 18.8 Å². The molecule has 18 heavy (non-hydrogen) atoms. The Balaban J connectivity index is 2.63. The Kier molecular flexibility index (Phi) is 4.09. The van der Waals surface area contributed by atoms with Gasteiger partial charge in [0, 0.05) is 5.69 Å². The van der Waals surface area contributed by atoms with Crippen LogP contribution in [-0.2, 0) is 0 Å². The lowest BCUT2D eigenvalue weighted by molar-refractivity contribution is -0.122. The molecule has 0 unspecified atom stereocenters. The lowest BCUT2D eigenvalue weighted by Gasteiger charge is -2.09. The Bertz CT molecular complexity index is 493. The number of rotatable bonds is 2. The monoisotopic (exact) mass is 261 g/mol. The predicted octanol–water partition coefficient (Wildman–Crippen LogP) is 2.38. The van der Waals surface area contributed by atoms with Crippen molar-refractivity contribution >= 4 is 11.7 Å². The van der Waals surface area contributed by atoms with E-state index < -0.39 is 24.6 Å². The second-order valence-electron chi connectivity index (χ2n) is 3.23. The Hall–Kier alpha value is -2.30. The third-order valence-electron chi connectivity index (χ3n) is 1.79. The van der Waals surface area contributed by atoms with Gasteiger partial charge >= 0.3 is 12.2 Å². The number of carbonyl (C=O) groups excluding carboxylic acids is 1. The van der Waals surface area contributed by atoms with E-state index in [1.807, 2.05) is 5.32 Å². The van der Waals surface area contributed by atoms with Gasteiger partial charge < -0.3 is 10.6 Å². The molecule has 1 aromatic rings. The summed E-state index contributed by atoms with van der Waals surface area (Å²) < 4.78 is 48.3. The van der Waals surface area contributed by atoms with Crippen LogP contribution in [0.4, 0.5) is 28.0 Å². The van der Waals surface area contributed by atoms with Crippen molar-refractivity contribution in [2.75, 3.05) is 11.9 Å². The number of halogens is 4. The molecule has 0 saturated heterocycles. The van der Waals surface area contributed by atoms with Gasteiger partial charge in [-0.15, -0.1) is 0 Å². The minimum Gasteiger partial charge on any atom is -0.329 e. The third kappa shape index (κ3) is 4.29. The molecule has 96 valence electrons. The molecule has 1 aromatic carbocycles. The average Bonchev–Trinajstić information content (AvgIpc) is 2.28. The molecular formula is C10H7F4N3O. The SMILES string of the molecule is N#Cc1cc(NC(=O)NCC(F)(F)F)ccc1F. The maximum Gasteiger partial charge on any atom is 0.405 e. The summed E-state index contributed by atoms with van der Waals surface area (Å²) in [4.78, 5) is 11.0. The van der Waals surface area contributed by atoms with Crippen molar-refractivity contribution in [3.63, 3.8) is 0 Å². The first-order valence-corrected chi connectivity index (χ1v) is 4.63. The van der Waals surface area contributed by atoms with Gasteiger partial charge in [-0.2, -0.15) is 18.4 Å². The summed E-state index contributed by atoms with van der Waals surface area (Å²) in [5.41, 5.74) is -0.295. The lowest BCUT2D eigenvalue weighted by atomic mass is 10.2. The summed E-state index contributed by atoms with van der Waals surface area (Å²) in [7, 11) is 0. The van der Waals surface area contributed by atoms with Gasteiger partial charge in [0.1, 0.15) is 18.4 Å². The molecule has 0 aliphatic carbocycles. The Morgan fingerprint density at radius 1 is 1.39 bits per heavy atom. The average molecular weight is 261 g/mol. The van der Waals surface area contributed by atoms with Crippen molar-refractivity contribution < 1.29 is 22.4 Å². The number of alkyl halides is 3. The molecule has 0 fully saturated rings. The van der Waals surface area contributed by atoms with Crippen molar-refractivity contribution in [3.8, 4) is 6.07 Å². The molecular weight excluding hydrogens is 254 g/mol. The number of nitrogens with zero attached hydrogens (tertiary/aromatic N) is 1. The van der Waals surface area contributed by atoms with Crippen molar-refractivity contribution in [1.82, 2.24) is 5.32 Å². The van der Waals surface area contributed by atoms with Crippen LogP contribution in [0.25, 0.3) is 0 Å². The van der Waals surface area contributed by atoms with Gasteiger partial charge in [-0.25, -0.2) is 9.18 Å². The minimum atomic E-state index is -4.52. The van der Waals surface area contributed by atoms with Crippen LogP contribution in [0.3, 0.4) is 0 Å². The maximum atomic E-state index is 12.9. The summed E-state index contributed by atoms with van der Waals surface area (Å²) in [5, 5.41) is 12.1. The van der Waals surface area contributed by atoms with E-state index in [0.717, 1.165) is 18.2 Å². The predicted molar refractivity (Wildman–Crippen MR) is 54.2 cm³/mol. The highest BCUT2D eigenvalue weighted by Gasteiger charge is 2.27. The van der Waals surface area contributed by atoms with Gasteiger partial charge in [0.15, 0.2) is 0 Å². The van der Waals surface area contributed by atoms with Crippen molar-refractivity contribution in [2.45, 2.75) is 6.18 Å². The molecule has 0 saturated carbocycles. The van der Waals surface area contributed by atoms with Crippen LogP contribution in [0, 0.1) is 17.1 Å². The van der Waals surface area contributed by atoms with Gasteiger partial charge in [0.05, 0.1) is 5.56 Å². The Morgan fingerprint density at radius 3 is 2.61 bits per heavy atom. The van der Waals surface area contributed by atoms with Crippen LogP contribution < -0.4 is 10.6 Å². The van der Waals surface area contributed by atoms with E-state index in [9.17, 15) is 22.4 Å². The molecule has 2 N–H and O–H groups in total. The zero-order valence-corrected chi connectivity index (χ0v) is 8.81. The first kappa shape index (κ1) is 13.8. The quantitative estimate of drug-likeness (QED) is 0.803. The minimum absolute atomic E-state index is 0.0209. The van der Waals surface area contributed by atoms with E-state index in [-0.39, 0.29) is 11.3 Å². The molecule has 0 radical (unpaired) electrons. The normalized spacial score (nSPS) is 10.6. The number of carbonyl (C=O) groups is 1. The summed E-state index contributed by atoms with van der Waals surface area (Å²) in [6.45, 7) is -1.48. The summed E-state index contributed by atoms with van der Waals surface area (Å²) >= 11 is 0. The molecule has 0 aliphatic rings. The molecule has 0 bridgehead atoms. The van der Waals surface area contributed by atoms with Crippen molar-refractivity contribution in [2.24, 2.45) is 0 Å². The summed E-state index contributed by atoms with van der Waals surface area (Å²) in [6, 6.07) is 3.52. The van der Waals surface area contributed by atoms with E-state index in [2.05, 4.69) is 0 Å². The van der Waals surface area contributed by atoms with Crippen molar-refractivity contribution in [3.05, 3.63) is 29.6 Å². The topological polar surface area (TPSA) is 64.9 Å². The summed E-state index contributed by atoms with van der Waals surface area (Å²) in [6.07, 6.45) is -4.52. The molecule has 0 spiro atoms. The van der Waals surface area contributed by atoms with Gasteiger partial charge in [0.25, 0.3) is 0 Å². The number of amides is 2. The number of hydrogen-bond acceptors (Lipinski definition) is 2. The van der Waals surface area contributed by atoms with Crippen LogP contribution in [0.2, 0.25) is 0 Å². The second kappa shape index (κ2) is 5.35. The molecule has 0 aliphatic heterocycles. The number of nitriles is 1. The van der Waals surface area contributed by atoms with Gasteiger partial charge in [-0.3, -0.25) is 0 Å². The van der Waals surface area contributed by atoms with E-state index >= 15 is 0 Å². The first-order chi connectivity index (χ1) is 8.31. The zero-order chi connectivity index (χ0) is 13.8. The van der Waals surface area contributed by atoms with Gasteiger partial charge in [-0.05, 0) is 18.2 Å². The third-order valence-corrected chi connectivity index (χ3v) is 1.79. The highest BCUT2D eigenvalue weighted by atomic mass is 19.4. The largest absolute Gasteiger partial charge is 0.405 e. The zero-order valence-electron chi connectivity index (χ0n) is 8.81. The molecule has 4 nitrogen and oxygen atoms in total. The molecule has 0 heterocycles. The number of benzene rings is 1. The van der Waals surface area contributed by atoms with E-state index in [1.54, 1.807) is 5.32 Å². The highest BCUT2D eigenvalue weighted by Crippen LogP contribution is 2.14. The fourth-order valence-electron chi connectivity index (χ4n) is 1.04. The highest BCUT2D eigenvalue weighted by molar-refractivity contribution is 5.89. The van der Waals surface area contributed by atoms with Crippen LogP contribution >= 0.6 is 0 Å². The van der Waals surface area contributed by atoms with Gasteiger partial charge in [-0.1, -0.05) is 0 Å². The number of urea groups is 1.